The smallest absolute Gasteiger partial charge is 0.118 e. The Morgan fingerprint density at radius 3 is 1.15 bits per heavy atom. The molecule has 6 aromatic rings. The summed E-state index contributed by atoms with van der Waals surface area (Å²) in [7, 11) is 3.34. The third kappa shape index (κ3) is 3.23. The second-order valence-electron chi connectivity index (χ2n) is 8.17. The van der Waals surface area contributed by atoms with Gasteiger partial charge >= 0.3 is 0 Å². The van der Waals surface area contributed by atoms with Crippen molar-refractivity contribution in [1.29, 1.82) is 0 Å². The van der Waals surface area contributed by atoms with E-state index >= 15 is 0 Å². The van der Waals surface area contributed by atoms with Gasteiger partial charge < -0.3 is 9.47 Å². The number of fused-ring (bicyclic) bond motifs is 6. The molecule has 0 spiro atoms. The quantitative estimate of drug-likeness (QED) is 0.269. The average molecular weight is 443 g/mol. The predicted octanol–water partition coefficient (Wildman–Crippen LogP) is 7.29. The minimum absolute atomic E-state index is 0.805. The molecule has 0 amide bonds. The second-order valence-corrected chi connectivity index (χ2v) is 8.17. The van der Waals surface area contributed by atoms with Crippen molar-refractivity contribution in [2.24, 2.45) is 0 Å². The van der Waals surface area contributed by atoms with E-state index < -0.39 is 0 Å². The van der Waals surface area contributed by atoms with Gasteiger partial charge in [-0.05, 0) is 59.3 Å². The first kappa shape index (κ1) is 20.2. The van der Waals surface area contributed by atoms with Crippen LogP contribution >= 0.6 is 0 Å². The Morgan fingerprint density at radius 2 is 0.794 bits per heavy atom. The number of methoxy groups -OCH3 is 2. The molecule has 0 bridgehead atoms. The monoisotopic (exact) mass is 442 g/mol. The number of nitrogens with zero attached hydrogens (tertiary/aromatic N) is 2. The molecule has 0 fully saturated rings. The van der Waals surface area contributed by atoms with Crippen LogP contribution in [0.15, 0.2) is 97.1 Å². The Morgan fingerprint density at radius 1 is 0.441 bits per heavy atom. The highest BCUT2D eigenvalue weighted by Gasteiger charge is 2.17. The molecule has 5 aromatic carbocycles. The maximum absolute atomic E-state index is 5.37. The van der Waals surface area contributed by atoms with E-state index in [-0.39, 0.29) is 0 Å². The number of benzene rings is 5. The van der Waals surface area contributed by atoms with Gasteiger partial charge in [0, 0.05) is 21.9 Å². The van der Waals surface area contributed by atoms with Crippen molar-refractivity contribution >= 4 is 32.6 Å². The van der Waals surface area contributed by atoms with Crippen LogP contribution in [0.5, 0.6) is 11.5 Å². The number of hydrogen-bond acceptors (Lipinski definition) is 4. The number of ether oxygens (including phenoxy) is 2. The van der Waals surface area contributed by atoms with Crippen molar-refractivity contribution in [3.05, 3.63) is 97.1 Å². The molecule has 1 heterocycles. The Bertz CT molecular complexity index is 1530. The fourth-order valence-electron chi connectivity index (χ4n) is 4.56. The summed E-state index contributed by atoms with van der Waals surface area (Å²) in [5.74, 6) is 1.61. The molecule has 0 unspecified atom stereocenters. The molecule has 0 saturated heterocycles. The van der Waals surface area contributed by atoms with Gasteiger partial charge in [0.15, 0.2) is 0 Å². The van der Waals surface area contributed by atoms with E-state index in [1.807, 2.05) is 48.5 Å². The van der Waals surface area contributed by atoms with Crippen molar-refractivity contribution in [3.63, 3.8) is 0 Å². The maximum atomic E-state index is 5.37. The molecule has 0 N–H and O–H groups in total. The molecule has 0 aliphatic rings. The molecule has 0 radical (unpaired) electrons. The zero-order chi connectivity index (χ0) is 23.1. The van der Waals surface area contributed by atoms with Crippen molar-refractivity contribution in [1.82, 2.24) is 9.97 Å². The first-order valence-corrected chi connectivity index (χ1v) is 11.2. The number of aromatic nitrogens is 2. The van der Waals surface area contributed by atoms with Crippen LogP contribution in [0.2, 0.25) is 0 Å². The highest BCUT2D eigenvalue weighted by atomic mass is 16.5. The first-order chi connectivity index (χ1) is 16.8. The highest BCUT2D eigenvalue weighted by Crippen LogP contribution is 2.38. The van der Waals surface area contributed by atoms with Crippen LogP contribution in [-0.4, -0.2) is 24.2 Å². The zero-order valence-corrected chi connectivity index (χ0v) is 18.9. The molecular formula is C30H22N2O2. The summed E-state index contributed by atoms with van der Waals surface area (Å²) in [5.41, 5.74) is 5.44. The van der Waals surface area contributed by atoms with Crippen molar-refractivity contribution in [2.45, 2.75) is 0 Å². The SMILES string of the molecule is COc1ccc(-c2nc3c4ccccc4c4ccccc4c3nc2-c2ccc(OC)cc2)cc1. The van der Waals surface area contributed by atoms with Crippen LogP contribution in [-0.2, 0) is 0 Å². The van der Waals surface area contributed by atoms with E-state index in [9.17, 15) is 0 Å². The lowest BCUT2D eigenvalue weighted by Gasteiger charge is -2.15. The van der Waals surface area contributed by atoms with Crippen LogP contribution < -0.4 is 9.47 Å². The fourth-order valence-corrected chi connectivity index (χ4v) is 4.56. The molecule has 6 rings (SSSR count). The maximum Gasteiger partial charge on any atom is 0.118 e. The molecule has 34 heavy (non-hydrogen) atoms. The fraction of sp³-hybridized carbons (Fsp3) is 0.0667. The largest absolute Gasteiger partial charge is 0.497 e. The van der Waals surface area contributed by atoms with Crippen LogP contribution in [0.3, 0.4) is 0 Å². The Balaban J connectivity index is 1.74. The van der Waals surface area contributed by atoms with Crippen LogP contribution in [0.1, 0.15) is 0 Å². The Kier molecular flexibility index (Phi) is 4.84. The van der Waals surface area contributed by atoms with Gasteiger partial charge in [-0.3, -0.25) is 0 Å². The van der Waals surface area contributed by atoms with Crippen molar-refractivity contribution < 1.29 is 9.47 Å². The van der Waals surface area contributed by atoms with Gasteiger partial charge in [-0.15, -0.1) is 0 Å². The lowest BCUT2D eigenvalue weighted by molar-refractivity contribution is 0.414. The number of rotatable bonds is 4. The predicted molar refractivity (Wildman–Crippen MR) is 139 cm³/mol. The van der Waals surface area contributed by atoms with Crippen LogP contribution in [0.25, 0.3) is 55.1 Å². The molecule has 0 atom stereocenters. The molecular weight excluding hydrogens is 420 g/mol. The highest BCUT2D eigenvalue weighted by molar-refractivity contribution is 6.23. The zero-order valence-electron chi connectivity index (χ0n) is 18.9. The topological polar surface area (TPSA) is 44.2 Å². The van der Waals surface area contributed by atoms with Crippen molar-refractivity contribution in [2.75, 3.05) is 14.2 Å². The molecule has 164 valence electrons. The molecule has 0 saturated carbocycles. The lowest BCUT2D eigenvalue weighted by atomic mass is 9.98. The molecule has 1 aromatic heterocycles. The van der Waals surface area contributed by atoms with E-state index in [0.29, 0.717) is 0 Å². The van der Waals surface area contributed by atoms with E-state index in [0.717, 1.165) is 55.8 Å². The standard InChI is InChI=1S/C30H22N2O2/c1-33-21-15-11-19(12-16-21)27-28(20-13-17-22(34-2)18-14-20)32-30-26-10-6-4-8-24(26)23-7-3-5-9-25(23)29(30)31-27/h3-18H,1-2H3. The van der Waals surface area contributed by atoms with Gasteiger partial charge in [0.25, 0.3) is 0 Å². The lowest BCUT2D eigenvalue weighted by Crippen LogP contribution is -1.97. The van der Waals surface area contributed by atoms with Gasteiger partial charge in [-0.2, -0.15) is 0 Å². The van der Waals surface area contributed by atoms with Crippen LogP contribution in [0.4, 0.5) is 0 Å². The third-order valence-corrected chi connectivity index (χ3v) is 6.28. The van der Waals surface area contributed by atoms with Gasteiger partial charge in [0.2, 0.25) is 0 Å². The number of hydrogen-bond donors (Lipinski definition) is 0. The summed E-state index contributed by atoms with van der Waals surface area (Å²) >= 11 is 0. The van der Waals surface area contributed by atoms with Crippen LogP contribution in [0, 0.1) is 0 Å². The first-order valence-electron chi connectivity index (χ1n) is 11.2. The van der Waals surface area contributed by atoms with E-state index in [1.54, 1.807) is 14.2 Å². The molecule has 4 nitrogen and oxygen atoms in total. The summed E-state index contributed by atoms with van der Waals surface area (Å²) in [4.78, 5) is 10.5. The summed E-state index contributed by atoms with van der Waals surface area (Å²) in [6.45, 7) is 0. The van der Waals surface area contributed by atoms with Gasteiger partial charge in [-0.25, -0.2) is 9.97 Å². The minimum atomic E-state index is 0.805. The van der Waals surface area contributed by atoms with Gasteiger partial charge in [0.1, 0.15) is 11.5 Å². The minimum Gasteiger partial charge on any atom is -0.497 e. The van der Waals surface area contributed by atoms with Gasteiger partial charge in [0.05, 0.1) is 36.6 Å². The van der Waals surface area contributed by atoms with Gasteiger partial charge in [-0.1, -0.05) is 48.5 Å². The average Bonchev–Trinajstić information content (AvgIpc) is 2.92. The summed E-state index contributed by atoms with van der Waals surface area (Å²) in [6.07, 6.45) is 0. The van der Waals surface area contributed by atoms with E-state index in [4.69, 9.17) is 19.4 Å². The molecule has 0 aliphatic carbocycles. The Labute approximate surface area is 197 Å². The Hall–Kier alpha value is -4.44. The van der Waals surface area contributed by atoms with Crippen molar-refractivity contribution in [3.8, 4) is 34.0 Å². The molecule has 4 heteroatoms. The summed E-state index contributed by atoms with van der Waals surface area (Å²) in [6, 6.07) is 32.8. The second kappa shape index (κ2) is 8.16. The summed E-state index contributed by atoms with van der Waals surface area (Å²) < 4.78 is 10.7. The molecule has 0 aliphatic heterocycles. The van der Waals surface area contributed by atoms with E-state index in [1.165, 1.54) is 10.8 Å². The van der Waals surface area contributed by atoms with E-state index in [2.05, 4.69) is 48.5 Å². The normalized spacial score (nSPS) is 11.2. The summed E-state index contributed by atoms with van der Waals surface area (Å²) in [5, 5.41) is 4.55. The third-order valence-electron chi connectivity index (χ3n) is 6.28.